The van der Waals surface area contributed by atoms with Gasteiger partial charge < -0.3 is 0 Å². The summed E-state index contributed by atoms with van der Waals surface area (Å²) >= 11 is 0. The fraction of sp³-hybridized carbons (Fsp3) is 0.909. The van der Waals surface area contributed by atoms with E-state index in [0.29, 0.717) is 16.7 Å². The number of hydrogen-bond donors (Lipinski definition) is 0. The molecule has 1 aromatic rings. The minimum atomic E-state index is 0.360. The Labute approximate surface area is 91.1 Å². The van der Waals surface area contributed by atoms with Gasteiger partial charge >= 0.3 is 0 Å². The van der Waals surface area contributed by atoms with Gasteiger partial charge in [-0.2, -0.15) is 0 Å². The maximum atomic E-state index is 3.95. The smallest absolute Gasteiger partial charge is 0.138 e. The average Bonchev–Trinajstić information content (AvgIpc) is 2.69. The van der Waals surface area contributed by atoms with E-state index in [1.54, 1.807) is 6.33 Å². The first-order valence-corrected chi connectivity index (χ1v) is 5.64. The first-order chi connectivity index (χ1) is 6.93. The Morgan fingerprint density at radius 1 is 1.33 bits per heavy atom. The molecule has 1 fully saturated rings. The van der Waals surface area contributed by atoms with Crippen molar-refractivity contribution in [2.24, 2.45) is 16.7 Å². The molecule has 4 nitrogen and oxygen atoms in total. The predicted molar refractivity (Wildman–Crippen MR) is 58.1 cm³/mol. The lowest BCUT2D eigenvalue weighted by Gasteiger charge is -2.39. The van der Waals surface area contributed by atoms with Crippen LogP contribution in [0.4, 0.5) is 0 Å². The fourth-order valence-electron chi connectivity index (χ4n) is 2.58. The van der Waals surface area contributed by atoms with Crippen molar-refractivity contribution in [3.8, 4) is 0 Å². The van der Waals surface area contributed by atoms with E-state index >= 15 is 0 Å². The monoisotopic (exact) mass is 208 g/mol. The summed E-state index contributed by atoms with van der Waals surface area (Å²) in [6.45, 7) is 10.4. The molecule has 0 amide bonds. The van der Waals surface area contributed by atoms with Crippen LogP contribution in [0.2, 0.25) is 0 Å². The third-order valence-corrected chi connectivity index (χ3v) is 4.68. The third-order valence-electron chi connectivity index (χ3n) is 4.68. The highest BCUT2D eigenvalue weighted by Crippen LogP contribution is 2.55. The van der Waals surface area contributed by atoms with Gasteiger partial charge in [0, 0.05) is 6.54 Å². The van der Waals surface area contributed by atoms with E-state index in [1.165, 1.54) is 12.8 Å². The first-order valence-electron chi connectivity index (χ1n) is 5.64. The lowest BCUT2D eigenvalue weighted by molar-refractivity contribution is 0.0954. The zero-order chi connectivity index (χ0) is 11.1. The second-order valence-corrected chi connectivity index (χ2v) is 5.87. The van der Waals surface area contributed by atoms with Crippen LogP contribution in [0.1, 0.15) is 40.5 Å². The van der Waals surface area contributed by atoms with Crippen molar-refractivity contribution in [1.29, 1.82) is 0 Å². The Hall–Kier alpha value is -0.930. The van der Waals surface area contributed by atoms with Gasteiger partial charge in [0.05, 0.1) is 0 Å². The van der Waals surface area contributed by atoms with Crippen LogP contribution < -0.4 is 0 Å². The van der Waals surface area contributed by atoms with Crippen LogP contribution in [0.3, 0.4) is 0 Å². The van der Waals surface area contributed by atoms with Crippen molar-refractivity contribution in [2.75, 3.05) is 0 Å². The predicted octanol–water partition coefficient (Wildman–Crippen LogP) is 2.14. The Kier molecular flexibility index (Phi) is 2.32. The van der Waals surface area contributed by atoms with Gasteiger partial charge in [-0.1, -0.05) is 27.7 Å². The minimum Gasteiger partial charge on any atom is -0.232 e. The summed E-state index contributed by atoms with van der Waals surface area (Å²) in [5.41, 5.74) is 0.782. The van der Waals surface area contributed by atoms with Gasteiger partial charge in [-0.15, -0.1) is 5.10 Å². The van der Waals surface area contributed by atoms with Crippen LogP contribution >= 0.6 is 0 Å². The molecule has 0 aliphatic heterocycles. The lowest BCUT2D eigenvalue weighted by Crippen LogP contribution is -2.33. The van der Waals surface area contributed by atoms with E-state index < -0.39 is 0 Å². The molecule has 0 spiro atoms. The van der Waals surface area contributed by atoms with Gasteiger partial charge in [0.1, 0.15) is 6.33 Å². The summed E-state index contributed by atoms with van der Waals surface area (Å²) < 4.78 is 1.85. The standard InChI is InChI=1S/C11H20N4/c1-10(2)6-5-9(11(10,3)4)7-15-8-12-13-14-15/h8-9H,5-7H2,1-4H3/t9-/m1/s1. The lowest BCUT2D eigenvalue weighted by atomic mass is 9.67. The van der Waals surface area contributed by atoms with E-state index in [-0.39, 0.29) is 0 Å². The SMILES string of the molecule is CC1(C)CC[C@H](Cn2cnnn2)C1(C)C. The van der Waals surface area contributed by atoms with E-state index in [2.05, 4.69) is 43.2 Å². The number of aromatic nitrogens is 4. The van der Waals surface area contributed by atoms with Crippen LogP contribution in [0.15, 0.2) is 6.33 Å². The summed E-state index contributed by atoms with van der Waals surface area (Å²) in [6.07, 6.45) is 4.29. The molecule has 15 heavy (non-hydrogen) atoms. The molecule has 1 aliphatic carbocycles. The molecule has 1 atom stereocenters. The van der Waals surface area contributed by atoms with Gasteiger partial charge in [-0.25, -0.2) is 4.68 Å². The molecule has 1 aromatic heterocycles. The van der Waals surface area contributed by atoms with Crippen molar-refractivity contribution >= 4 is 0 Å². The summed E-state index contributed by atoms with van der Waals surface area (Å²) in [7, 11) is 0. The van der Waals surface area contributed by atoms with Gasteiger partial charge in [0.2, 0.25) is 0 Å². The summed E-state index contributed by atoms with van der Waals surface area (Å²) in [6, 6.07) is 0. The quantitative estimate of drug-likeness (QED) is 0.748. The number of tetrazole rings is 1. The molecule has 1 aliphatic rings. The summed E-state index contributed by atoms with van der Waals surface area (Å²) in [5, 5.41) is 11.3. The van der Waals surface area contributed by atoms with E-state index in [0.717, 1.165) is 6.54 Å². The van der Waals surface area contributed by atoms with E-state index in [1.807, 2.05) is 4.68 Å². The maximum Gasteiger partial charge on any atom is 0.138 e. The molecule has 0 saturated heterocycles. The van der Waals surface area contributed by atoms with Gasteiger partial charge in [-0.05, 0) is 40.0 Å². The second kappa shape index (κ2) is 3.29. The van der Waals surface area contributed by atoms with E-state index in [4.69, 9.17) is 0 Å². The van der Waals surface area contributed by atoms with Crippen LogP contribution in [-0.2, 0) is 6.54 Å². The molecule has 0 aromatic carbocycles. The average molecular weight is 208 g/mol. The zero-order valence-electron chi connectivity index (χ0n) is 10.1. The zero-order valence-corrected chi connectivity index (χ0v) is 10.1. The van der Waals surface area contributed by atoms with Crippen molar-refractivity contribution in [1.82, 2.24) is 20.2 Å². The highest BCUT2D eigenvalue weighted by molar-refractivity contribution is 4.97. The topological polar surface area (TPSA) is 43.6 Å². The van der Waals surface area contributed by atoms with Gasteiger partial charge in [0.25, 0.3) is 0 Å². The Balaban J connectivity index is 2.12. The van der Waals surface area contributed by atoms with Crippen LogP contribution in [0.25, 0.3) is 0 Å². The number of rotatable bonds is 2. The largest absolute Gasteiger partial charge is 0.232 e. The molecule has 0 unspecified atom stereocenters. The maximum absolute atomic E-state index is 3.95. The molecule has 4 heteroatoms. The fourth-order valence-corrected chi connectivity index (χ4v) is 2.58. The molecule has 1 saturated carbocycles. The van der Waals surface area contributed by atoms with Crippen molar-refractivity contribution in [2.45, 2.75) is 47.1 Å². The molecular formula is C11H20N4. The van der Waals surface area contributed by atoms with Crippen LogP contribution in [-0.4, -0.2) is 20.2 Å². The van der Waals surface area contributed by atoms with Crippen molar-refractivity contribution < 1.29 is 0 Å². The highest BCUT2D eigenvalue weighted by Gasteiger charge is 2.48. The number of hydrogen-bond acceptors (Lipinski definition) is 3. The van der Waals surface area contributed by atoms with E-state index in [9.17, 15) is 0 Å². The highest BCUT2D eigenvalue weighted by atomic mass is 15.5. The first kappa shape index (κ1) is 10.6. The van der Waals surface area contributed by atoms with Crippen molar-refractivity contribution in [3.05, 3.63) is 6.33 Å². The molecule has 0 bridgehead atoms. The minimum absolute atomic E-state index is 0.360. The molecule has 1 heterocycles. The van der Waals surface area contributed by atoms with Crippen molar-refractivity contribution in [3.63, 3.8) is 0 Å². The summed E-state index contributed by atoms with van der Waals surface area (Å²) in [4.78, 5) is 0. The third kappa shape index (κ3) is 1.66. The van der Waals surface area contributed by atoms with Gasteiger partial charge in [0.15, 0.2) is 0 Å². The van der Waals surface area contributed by atoms with Gasteiger partial charge in [-0.3, -0.25) is 0 Å². The molecule has 84 valence electrons. The number of nitrogens with zero attached hydrogens (tertiary/aromatic N) is 4. The molecule has 2 rings (SSSR count). The molecule has 0 radical (unpaired) electrons. The Bertz CT molecular complexity index is 326. The Morgan fingerprint density at radius 2 is 2.07 bits per heavy atom. The van der Waals surface area contributed by atoms with Crippen LogP contribution in [0, 0.1) is 16.7 Å². The molecule has 0 N–H and O–H groups in total. The summed E-state index contributed by atoms with van der Waals surface area (Å²) in [5.74, 6) is 0.677. The Morgan fingerprint density at radius 3 is 2.53 bits per heavy atom. The van der Waals surface area contributed by atoms with Crippen LogP contribution in [0.5, 0.6) is 0 Å². The normalized spacial score (nSPS) is 28.1. The second-order valence-electron chi connectivity index (χ2n) is 5.87. The molecular weight excluding hydrogens is 188 g/mol.